The lowest BCUT2D eigenvalue weighted by molar-refractivity contribution is 0.171. The molecule has 32 heavy (non-hydrogen) atoms. The molecule has 0 atom stereocenters. The van der Waals surface area contributed by atoms with E-state index < -0.39 is 0 Å². The number of aromatic nitrogens is 3. The van der Waals surface area contributed by atoms with E-state index in [2.05, 4.69) is 20.7 Å². The van der Waals surface area contributed by atoms with Crippen LogP contribution in [0.3, 0.4) is 0 Å². The maximum absolute atomic E-state index is 5.82. The van der Waals surface area contributed by atoms with E-state index in [9.17, 15) is 0 Å². The maximum Gasteiger partial charge on any atom is 0.247 e. The fraction of sp³-hybridized carbons (Fsp3) is 0.250. The Labute approximate surface area is 186 Å². The Kier molecular flexibility index (Phi) is 5.76. The average Bonchev–Trinajstić information content (AvgIpc) is 3.24. The van der Waals surface area contributed by atoms with Crippen molar-refractivity contribution in [2.45, 2.75) is 6.42 Å². The van der Waals surface area contributed by atoms with Crippen LogP contribution in [0.5, 0.6) is 17.2 Å². The van der Waals surface area contributed by atoms with Crippen molar-refractivity contribution in [2.75, 3.05) is 38.7 Å². The van der Waals surface area contributed by atoms with Crippen LogP contribution in [-0.4, -0.2) is 48.0 Å². The van der Waals surface area contributed by atoms with Gasteiger partial charge in [0.1, 0.15) is 19.0 Å². The molecule has 0 bridgehead atoms. The standard InChI is InChI=1S/C24H25N5O3/c1-25-11-4-12-30-19-6-2-5-18(16-19)26-24-27-23-8-3-7-20(29(23)28-24)17-9-10-21-22(15-17)32-14-13-31-21/h2-3,5-10,15-16,25H,4,11-14H2,1H3,(H,26,28). The van der Waals surface area contributed by atoms with Gasteiger partial charge in [-0.05, 0) is 62.5 Å². The molecule has 3 heterocycles. The second-order valence-electron chi connectivity index (χ2n) is 7.43. The van der Waals surface area contributed by atoms with Gasteiger partial charge < -0.3 is 24.8 Å². The molecule has 0 radical (unpaired) electrons. The minimum Gasteiger partial charge on any atom is -0.493 e. The number of ether oxygens (including phenoxy) is 3. The van der Waals surface area contributed by atoms with Crippen molar-refractivity contribution in [3.8, 4) is 28.5 Å². The molecule has 0 aliphatic carbocycles. The monoisotopic (exact) mass is 431 g/mol. The van der Waals surface area contributed by atoms with Crippen molar-refractivity contribution >= 4 is 17.3 Å². The first-order chi connectivity index (χ1) is 15.8. The van der Waals surface area contributed by atoms with Crippen LogP contribution in [-0.2, 0) is 0 Å². The number of nitrogens with zero attached hydrogens (tertiary/aromatic N) is 3. The summed E-state index contributed by atoms with van der Waals surface area (Å²) >= 11 is 0. The Bertz CT molecular complexity index is 1220. The van der Waals surface area contributed by atoms with Gasteiger partial charge in [-0.25, -0.2) is 4.52 Å². The summed E-state index contributed by atoms with van der Waals surface area (Å²) in [6.07, 6.45) is 0.949. The SMILES string of the molecule is CNCCCOc1cccc(Nc2nc3cccc(-c4ccc5c(c4)OCCO5)n3n2)c1. The third-order valence-electron chi connectivity index (χ3n) is 5.13. The van der Waals surface area contributed by atoms with E-state index in [1.807, 2.05) is 72.2 Å². The van der Waals surface area contributed by atoms with E-state index in [-0.39, 0.29) is 0 Å². The van der Waals surface area contributed by atoms with Gasteiger partial charge in [0, 0.05) is 17.3 Å². The van der Waals surface area contributed by atoms with Gasteiger partial charge in [0.15, 0.2) is 17.1 Å². The molecule has 2 aromatic carbocycles. The lowest BCUT2D eigenvalue weighted by Crippen LogP contribution is -2.15. The topological polar surface area (TPSA) is 81.9 Å². The highest BCUT2D eigenvalue weighted by molar-refractivity contribution is 5.68. The molecule has 0 saturated heterocycles. The highest BCUT2D eigenvalue weighted by atomic mass is 16.6. The third-order valence-corrected chi connectivity index (χ3v) is 5.13. The summed E-state index contributed by atoms with van der Waals surface area (Å²) in [4.78, 5) is 4.63. The summed E-state index contributed by atoms with van der Waals surface area (Å²) < 4.78 is 19.0. The Morgan fingerprint density at radius 3 is 2.78 bits per heavy atom. The van der Waals surface area contributed by atoms with Gasteiger partial charge in [-0.1, -0.05) is 12.1 Å². The van der Waals surface area contributed by atoms with Crippen molar-refractivity contribution in [1.82, 2.24) is 19.9 Å². The van der Waals surface area contributed by atoms with Gasteiger partial charge in [-0.15, -0.1) is 5.10 Å². The van der Waals surface area contributed by atoms with Crippen LogP contribution in [0.15, 0.2) is 60.7 Å². The molecule has 8 heteroatoms. The molecule has 0 amide bonds. The molecule has 8 nitrogen and oxygen atoms in total. The molecule has 1 aliphatic heterocycles. The van der Waals surface area contributed by atoms with E-state index in [4.69, 9.17) is 14.2 Å². The number of anilines is 2. The number of benzene rings is 2. The van der Waals surface area contributed by atoms with Crippen molar-refractivity contribution in [3.63, 3.8) is 0 Å². The predicted molar refractivity (Wildman–Crippen MR) is 123 cm³/mol. The number of hydrogen-bond acceptors (Lipinski definition) is 7. The second kappa shape index (κ2) is 9.15. The summed E-state index contributed by atoms with van der Waals surface area (Å²) in [5.41, 5.74) is 3.52. The molecule has 0 spiro atoms. The van der Waals surface area contributed by atoms with Crippen LogP contribution in [0, 0.1) is 0 Å². The largest absolute Gasteiger partial charge is 0.493 e. The lowest BCUT2D eigenvalue weighted by atomic mass is 10.1. The Hall–Kier alpha value is -3.78. The highest BCUT2D eigenvalue weighted by Gasteiger charge is 2.15. The van der Waals surface area contributed by atoms with E-state index >= 15 is 0 Å². The quantitative estimate of drug-likeness (QED) is 0.410. The van der Waals surface area contributed by atoms with Crippen LogP contribution in [0.4, 0.5) is 11.6 Å². The van der Waals surface area contributed by atoms with Crippen LogP contribution in [0.2, 0.25) is 0 Å². The van der Waals surface area contributed by atoms with Gasteiger partial charge in [0.2, 0.25) is 5.95 Å². The van der Waals surface area contributed by atoms with Crippen molar-refractivity contribution in [2.24, 2.45) is 0 Å². The first-order valence-corrected chi connectivity index (χ1v) is 10.7. The molecular weight excluding hydrogens is 406 g/mol. The summed E-state index contributed by atoms with van der Waals surface area (Å²) in [5, 5.41) is 11.1. The van der Waals surface area contributed by atoms with Crippen LogP contribution in [0.1, 0.15) is 6.42 Å². The van der Waals surface area contributed by atoms with Gasteiger partial charge >= 0.3 is 0 Å². The number of pyridine rings is 1. The number of rotatable bonds is 8. The van der Waals surface area contributed by atoms with E-state index in [0.717, 1.165) is 52.8 Å². The summed E-state index contributed by atoms with van der Waals surface area (Å²) in [6.45, 7) is 2.71. The van der Waals surface area contributed by atoms with Crippen LogP contribution in [0.25, 0.3) is 16.9 Å². The number of nitrogens with one attached hydrogen (secondary N) is 2. The minimum atomic E-state index is 0.516. The Morgan fingerprint density at radius 2 is 1.88 bits per heavy atom. The molecule has 1 aliphatic rings. The van der Waals surface area contributed by atoms with Crippen LogP contribution < -0.4 is 24.8 Å². The van der Waals surface area contributed by atoms with Gasteiger partial charge in [-0.3, -0.25) is 0 Å². The fourth-order valence-electron chi connectivity index (χ4n) is 3.61. The smallest absolute Gasteiger partial charge is 0.247 e. The van der Waals surface area contributed by atoms with E-state index in [1.54, 1.807) is 0 Å². The second-order valence-corrected chi connectivity index (χ2v) is 7.43. The van der Waals surface area contributed by atoms with Gasteiger partial charge in [0.05, 0.1) is 12.3 Å². The molecule has 4 aromatic rings. The summed E-state index contributed by atoms with van der Waals surface area (Å²) in [5.74, 6) is 2.84. The molecule has 2 N–H and O–H groups in total. The molecule has 0 unspecified atom stereocenters. The van der Waals surface area contributed by atoms with Gasteiger partial charge in [0.25, 0.3) is 0 Å². The van der Waals surface area contributed by atoms with Gasteiger partial charge in [-0.2, -0.15) is 4.98 Å². The van der Waals surface area contributed by atoms with E-state index in [1.165, 1.54) is 0 Å². The van der Waals surface area contributed by atoms with E-state index in [0.29, 0.717) is 25.8 Å². The zero-order chi connectivity index (χ0) is 21.8. The Balaban J connectivity index is 1.38. The molecule has 5 rings (SSSR count). The minimum absolute atomic E-state index is 0.516. The maximum atomic E-state index is 5.82. The normalized spacial score (nSPS) is 12.7. The molecule has 164 valence electrons. The average molecular weight is 431 g/mol. The first-order valence-electron chi connectivity index (χ1n) is 10.7. The summed E-state index contributed by atoms with van der Waals surface area (Å²) in [6, 6.07) is 19.6. The molecular formula is C24H25N5O3. The van der Waals surface area contributed by atoms with Crippen molar-refractivity contribution in [1.29, 1.82) is 0 Å². The fourth-order valence-corrected chi connectivity index (χ4v) is 3.61. The molecule has 2 aromatic heterocycles. The zero-order valence-corrected chi connectivity index (χ0v) is 17.9. The predicted octanol–water partition coefficient (Wildman–Crippen LogP) is 3.90. The Morgan fingerprint density at radius 1 is 1.00 bits per heavy atom. The highest BCUT2D eigenvalue weighted by Crippen LogP contribution is 2.34. The van der Waals surface area contributed by atoms with Crippen molar-refractivity contribution in [3.05, 3.63) is 60.7 Å². The number of fused-ring (bicyclic) bond motifs is 2. The molecule has 0 fully saturated rings. The number of hydrogen-bond donors (Lipinski definition) is 2. The van der Waals surface area contributed by atoms with Crippen molar-refractivity contribution < 1.29 is 14.2 Å². The molecule has 0 saturated carbocycles. The third kappa shape index (κ3) is 4.31. The zero-order valence-electron chi connectivity index (χ0n) is 17.9. The first kappa shape index (κ1) is 20.1. The summed E-state index contributed by atoms with van der Waals surface area (Å²) in [7, 11) is 1.94. The van der Waals surface area contributed by atoms with Crippen LogP contribution >= 0.6 is 0 Å². The lowest BCUT2D eigenvalue weighted by Gasteiger charge is -2.19.